The van der Waals surface area contributed by atoms with Crippen LogP contribution in [0, 0.1) is 0 Å². The van der Waals surface area contributed by atoms with Crippen molar-refractivity contribution in [3.63, 3.8) is 0 Å². The first-order valence-electron chi connectivity index (χ1n) is 7.02. The Hall–Kier alpha value is -1.06. The van der Waals surface area contributed by atoms with Gasteiger partial charge in [0.05, 0.1) is 6.61 Å². The molecule has 0 bridgehead atoms. The van der Waals surface area contributed by atoms with Gasteiger partial charge in [0.15, 0.2) is 0 Å². The standard InChI is InChI=1S/C15H24N2O/c1-2-14-13-16-9-11-17(14)10-6-12-18-15-7-4-3-5-8-15/h3-5,7-8,14,16H,2,6,9-13H2,1H3. The van der Waals surface area contributed by atoms with Gasteiger partial charge in [-0.05, 0) is 25.0 Å². The molecule has 1 aromatic carbocycles. The van der Waals surface area contributed by atoms with Crippen molar-refractivity contribution < 1.29 is 4.74 Å². The molecule has 18 heavy (non-hydrogen) atoms. The lowest BCUT2D eigenvalue weighted by molar-refractivity contribution is 0.145. The lowest BCUT2D eigenvalue weighted by Gasteiger charge is -2.35. The van der Waals surface area contributed by atoms with Gasteiger partial charge in [-0.2, -0.15) is 0 Å². The third kappa shape index (κ3) is 4.00. The molecular weight excluding hydrogens is 224 g/mol. The fourth-order valence-corrected chi connectivity index (χ4v) is 2.47. The highest BCUT2D eigenvalue weighted by molar-refractivity contribution is 5.20. The Morgan fingerprint density at radius 1 is 1.33 bits per heavy atom. The molecule has 1 fully saturated rings. The predicted molar refractivity (Wildman–Crippen MR) is 75.1 cm³/mol. The number of rotatable bonds is 6. The van der Waals surface area contributed by atoms with Gasteiger partial charge < -0.3 is 10.1 Å². The quantitative estimate of drug-likeness (QED) is 0.781. The molecule has 0 aliphatic carbocycles. The Morgan fingerprint density at radius 2 is 2.17 bits per heavy atom. The molecule has 0 saturated carbocycles. The molecule has 1 saturated heterocycles. The van der Waals surface area contributed by atoms with Crippen LogP contribution in [-0.2, 0) is 0 Å². The summed E-state index contributed by atoms with van der Waals surface area (Å²) in [5.41, 5.74) is 0. The molecule has 2 rings (SSSR count). The molecule has 3 heteroatoms. The first-order chi connectivity index (χ1) is 8.90. The molecule has 1 aromatic rings. The monoisotopic (exact) mass is 248 g/mol. The summed E-state index contributed by atoms with van der Waals surface area (Å²) in [5, 5.41) is 3.46. The van der Waals surface area contributed by atoms with E-state index in [1.165, 1.54) is 13.0 Å². The van der Waals surface area contributed by atoms with Crippen LogP contribution in [0.4, 0.5) is 0 Å². The van der Waals surface area contributed by atoms with E-state index < -0.39 is 0 Å². The van der Waals surface area contributed by atoms with Crippen LogP contribution < -0.4 is 10.1 Å². The molecule has 1 heterocycles. The Labute approximate surface area is 110 Å². The van der Waals surface area contributed by atoms with E-state index in [1.807, 2.05) is 30.3 Å². The topological polar surface area (TPSA) is 24.5 Å². The van der Waals surface area contributed by atoms with Gasteiger partial charge in [-0.3, -0.25) is 4.90 Å². The third-order valence-corrected chi connectivity index (χ3v) is 3.55. The summed E-state index contributed by atoms with van der Waals surface area (Å²) in [7, 11) is 0. The van der Waals surface area contributed by atoms with Crippen LogP contribution in [0.3, 0.4) is 0 Å². The molecule has 1 unspecified atom stereocenters. The first kappa shape index (κ1) is 13.4. The number of nitrogens with zero attached hydrogens (tertiary/aromatic N) is 1. The highest BCUT2D eigenvalue weighted by atomic mass is 16.5. The van der Waals surface area contributed by atoms with Gasteiger partial charge in [-0.25, -0.2) is 0 Å². The largest absolute Gasteiger partial charge is 0.494 e. The first-order valence-corrected chi connectivity index (χ1v) is 7.02. The molecule has 100 valence electrons. The van der Waals surface area contributed by atoms with Crippen LogP contribution in [-0.4, -0.2) is 43.7 Å². The Balaban J connectivity index is 1.65. The number of hydrogen-bond acceptors (Lipinski definition) is 3. The minimum Gasteiger partial charge on any atom is -0.494 e. The van der Waals surface area contributed by atoms with Crippen LogP contribution in [0.15, 0.2) is 30.3 Å². The number of nitrogens with one attached hydrogen (secondary N) is 1. The van der Waals surface area contributed by atoms with Crippen molar-refractivity contribution >= 4 is 0 Å². The molecule has 1 N–H and O–H groups in total. The molecule has 0 radical (unpaired) electrons. The van der Waals surface area contributed by atoms with Crippen molar-refractivity contribution in [3.8, 4) is 5.75 Å². The summed E-state index contributed by atoms with van der Waals surface area (Å²) >= 11 is 0. The Bertz CT molecular complexity index is 329. The average molecular weight is 248 g/mol. The van der Waals surface area contributed by atoms with Gasteiger partial charge in [0, 0.05) is 32.2 Å². The number of ether oxygens (including phenoxy) is 1. The summed E-state index contributed by atoms with van der Waals surface area (Å²) in [6.07, 6.45) is 2.33. The molecular formula is C15H24N2O. The summed E-state index contributed by atoms with van der Waals surface area (Å²) in [6, 6.07) is 10.8. The van der Waals surface area contributed by atoms with E-state index in [0.717, 1.165) is 38.4 Å². The Morgan fingerprint density at radius 3 is 2.94 bits per heavy atom. The van der Waals surface area contributed by atoms with Crippen molar-refractivity contribution in [3.05, 3.63) is 30.3 Å². The van der Waals surface area contributed by atoms with Gasteiger partial charge in [0.1, 0.15) is 5.75 Å². The minimum absolute atomic E-state index is 0.704. The molecule has 0 aromatic heterocycles. The summed E-state index contributed by atoms with van der Waals surface area (Å²) < 4.78 is 5.72. The van der Waals surface area contributed by atoms with E-state index in [1.54, 1.807) is 0 Å². The van der Waals surface area contributed by atoms with Crippen LogP contribution in [0.1, 0.15) is 19.8 Å². The number of piperazine rings is 1. The zero-order valence-corrected chi connectivity index (χ0v) is 11.3. The molecule has 3 nitrogen and oxygen atoms in total. The second kappa shape index (κ2) is 7.39. The third-order valence-electron chi connectivity index (χ3n) is 3.55. The van der Waals surface area contributed by atoms with E-state index in [9.17, 15) is 0 Å². The molecule has 1 aliphatic heterocycles. The summed E-state index contributed by atoms with van der Waals surface area (Å²) in [5.74, 6) is 0.977. The van der Waals surface area contributed by atoms with Crippen molar-refractivity contribution in [1.29, 1.82) is 0 Å². The summed E-state index contributed by atoms with van der Waals surface area (Å²) in [6.45, 7) is 7.65. The lowest BCUT2D eigenvalue weighted by atomic mass is 10.1. The maximum atomic E-state index is 5.72. The van der Waals surface area contributed by atoms with E-state index in [-0.39, 0.29) is 0 Å². The minimum atomic E-state index is 0.704. The van der Waals surface area contributed by atoms with E-state index in [0.29, 0.717) is 6.04 Å². The van der Waals surface area contributed by atoms with Gasteiger partial charge in [0.25, 0.3) is 0 Å². The fraction of sp³-hybridized carbons (Fsp3) is 0.600. The highest BCUT2D eigenvalue weighted by Crippen LogP contribution is 2.10. The molecule has 0 spiro atoms. The van der Waals surface area contributed by atoms with Crippen molar-refractivity contribution in [1.82, 2.24) is 10.2 Å². The maximum Gasteiger partial charge on any atom is 0.119 e. The second-order valence-corrected chi connectivity index (χ2v) is 4.82. The SMILES string of the molecule is CCC1CNCCN1CCCOc1ccccc1. The van der Waals surface area contributed by atoms with Crippen LogP contribution in [0.25, 0.3) is 0 Å². The lowest BCUT2D eigenvalue weighted by Crippen LogP contribution is -2.51. The highest BCUT2D eigenvalue weighted by Gasteiger charge is 2.19. The normalized spacial score (nSPS) is 20.8. The predicted octanol–water partition coefficient (Wildman–Crippen LogP) is 2.14. The van der Waals surface area contributed by atoms with Crippen molar-refractivity contribution in [2.75, 3.05) is 32.8 Å². The maximum absolute atomic E-state index is 5.72. The smallest absolute Gasteiger partial charge is 0.119 e. The number of para-hydroxylation sites is 1. The van der Waals surface area contributed by atoms with Gasteiger partial charge in [0.2, 0.25) is 0 Å². The van der Waals surface area contributed by atoms with Gasteiger partial charge >= 0.3 is 0 Å². The van der Waals surface area contributed by atoms with Crippen LogP contribution in [0.5, 0.6) is 5.75 Å². The van der Waals surface area contributed by atoms with E-state index >= 15 is 0 Å². The second-order valence-electron chi connectivity index (χ2n) is 4.82. The van der Waals surface area contributed by atoms with Crippen molar-refractivity contribution in [2.24, 2.45) is 0 Å². The van der Waals surface area contributed by atoms with E-state index in [2.05, 4.69) is 17.1 Å². The van der Waals surface area contributed by atoms with E-state index in [4.69, 9.17) is 4.74 Å². The molecule has 1 atom stereocenters. The zero-order chi connectivity index (χ0) is 12.6. The zero-order valence-electron chi connectivity index (χ0n) is 11.3. The molecule has 0 amide bonds. The molecule has 1 aliphatic rings. The fourth-order valence-electron chi connectivity index (χ4n) is 2.47. The van der Waals surface area contributed by atoms with Crippen LogP contribution in [0.2, 0.25) is 0 Å². The average Bonchev–Trinajstić information content (AvgIpc) is 2.45. The number of hydrogen-bond donors (Lipinski definition) is 1. The number of benzene rings is 1. The van der Waals surface area contributed by atoms with Gasteiger partial charge in [-0.1, -0.05) is 25.1 Å². The van der Waals surface area contributed by atoms with Crippen molar-refractivity contribution in [2.45, 2.75) is 25.8 Å². The van der Waals surface area contributed by atoms with Crippen LogP contribution >= 0.6 is 0 Å². The van der Waals surface area contributed by atoms with Gasteiger partial charge in [-0.15, -0.1) is 0 Å². The summed E-state index contributed by atoms with van der Waals surface area (Å²) in [4.78, 5) is 2.59. The Kier molecular flexibility index (Phi) is 5.49.